The normalized spacial score (nSPS) is 10.5. The van der Waals surface area contributed by atoms with Crippen molar-refractivity contribution in [3.63, 3.8) is 0 Å². The molecule has 0 aliphatic carbocycles. The van der Waals surface area contributed by atoms with Crippen molar-refractivity contribution < 1.29 is 19.1 Å². The zero-order valence-electron chi connectivity index (χ0n) is 10.8. The summed E-state index contributed by atoms with van der Waals surface area (Å²) in [4.78, 5) is 26.1. The number of benzene rings is 1. The minimum Gasteiger partial charge on any atom is -0.478 e. The van der Waals surface area contributed by atoms with Crippen molar-refractivity contribution in [3.8, 4) is 0 Å². The van der Waals surface area contributed by atoms with E-state index in [-0.39, 0.29) is 17.2 Å². The molecule has 106 valence electrons. The van der Waals surface area contributed by atoms with E-state index in [1.165, 1.54) is 36.7 Å². The van der Waals surface area contributed by atoms with E-state index in [1.54, 1.807) is 0 Å². The number of aromatic nitrogens is 1. The van der Waals surface area contributed by atoms with Gasteiger partial charge in [-0.1, -0.05) is 0 Å². The van der Waals surface area contributed by atoms with Crippen LogP contribution in [0.15, 0.2) is 48.8 Å². The smallest absolute Gasteiger partial charge is 0.328 e. The van der Waals surface area contributed by atoms with Crippen LogP contribution in [-0.4, -0.2) is 22.0 Å². The van der Waals surface area contributed by atoms with Crippen LogP contribution in [0.5, 0.6) is 0 Å². The fourth-order valence-corrected chi connectivity index (χ4v) is 1.61. The lowest BCUT2D eigenvalue weighted by atomic mass is 10.1. The van der Waals surface area contributed by atoms with E-state index < -0.39 is 11.8 Å². The average Bonchev–Trinajstić information content (AvgIpc) is 2.47. The number of halogens is 1. The third-order valence-corrected chi connectivity index (χ3v) is 2.61. The Kier molecular flexibility index (Phi) is 4.40. The molecule has 1 heterocycles. The molecule has 5 nitrogen and oxygen atoms in total. The zero-order chi connectivity index (χ0) is 15.2. The highest BCUT2D eigenvalue weighted by Gasteiger charge is 2.07. The minimum atomic E-state index is -1.16. The van der Waals surface area contributed by atoms with Gasteiger partial charge in [-0.2, -0.15) is 0 Å². The number of hydrogen-bond acceptors (Lipinski definition) is 3. The maximum absolute atomic E-state index is 13.7. The quantitative estimate of drug-likeness (QED) is 0.847. The number of hydrogen-bond donors (Lipinski definition) is 2. The van der Waals surface area contributed by atoms with E-state index >= 15 is 0 Å². The van der Waals surface area contributed by atoms with Crippen molar-refractivity contribution in [2.75, 3.05) is 5.32 Å². The average molecular weight is 286 g/mol. The lowest BCUT2D eigenvalue weighted by molar-refractivity contribution is -0.131. The molecule has 21 heavy (non-hydrogen) atoms. The Morgan fingerprint density at radius 2 is 1.90 bits per heavy atom. The van der Waals surface area contributed by atoms with Crippen molar-refractivity contribution in [3.05, 3.63) is 65.7 Å². The molecule has 0 radical (unpaired) electrons. The van der Waals surface area contributed by atoms with Crippen molar-refractivity contribution >= 4 is 23.6 Å². The van der Waals surface area contributed by atoms with Gasteiger partial charge in [-0.05, 0) is 36.4 Å². The van der Waals surface area contributed by atoms with Crippen LogP contribution >= 0.6 is 0 Å². The third-order valence-electron chi connectivity index (χ3n) is 2.61. The summed E-state index contributed by atoms with van der Waals surface area (Å²) in [6, 6.07) is 7.08. The summed E-state index contributed by atoms with van der Waals surface area (Å²) in [6.07, 6.45) is 4.95. The molecule has 1 aromatic heterocycles. The van der Waals surface area contributed by atoms with Crippen molar-refractivity contribution in [2.24, 2.45) is 0 Å². The third kappa shape index (κ3) is 3.97. The van der Waals surface area contributed by atoms with Crippen LogP contribution < -0.4 is 5.32 Å². The Hall–Kier alpha value is -3.02. The summed E-state index contributed by atoms with van der Waals surface area (Å²) in [7, 11) is 0. The molecular formula is C15H11FN2O3. The van der Waals surface area contributed by atoms with E-state index in [9.17, 15) is 14.0 Å². The summed E-state index contributed by atoms with van der Waals surface area (Å²) in [6.45, 7) is 0. The van der Waals surface area contributed by atoms with Crippen LogP contribution in [0, 0.1) is 5.82 Å². The maximum atomic E-state index is 13.7. The zero-order valence-corrected chi connectivity index (χ0v) is 10.8. The Balaban J connectivity index is 2.14. The van der Waals surface area contributed by atoms with Crippen molar-refractivity contribution in [2.45, 2.75) is 0 Å². The Labute approximate surface area is 119 Å². The molecule has 0 atom stereocenters. The number of carboxylic acid groups (broad SMARTS) is 1. The van der Waals surface area contributed by atoms with Gasteiger partial charge in [0, 0.05) is 35.3 Å². The number of rotatable bonds is 4. The van der Waals surface area contributed by atoms with E-state index in [2.05, 4.69) is 10.3 Å². The molecule has 6 heteroatoms. The van der Waals surface area contributed by atoms with Crippen LogP contribution in [0.25, 0.3) is 6.08 Å². The number of aliphatic carboxylic acids is 1. The second-order valence-corrected chi connectivity index (χ2v) is 4.10. The predicted octanol–water partition coefficient (Wildman–Crippen LogP) is 2.57. The largest absolute Gasteiger partial charge is 0.478 e. The molecule has 0 saturated heterocycles. The number of nitrogens with one attached hydrogen (secondary N) is 1. The maximum Gasteiger partial charge on any atom is 0.328 e. The topological polar surface area (TPSA) is 79.3 Å². The summed E-state index contributed by atoms with van der Waals surface area (Å²) in [5.74, 6) is -2.17. The van der Waals surface area contributed by atoms with Gasteiger partial charge in [-0.3, -0.25) is 9.78 Å². The highest BCUT2D eigenvalue weighted by atomic mass is 19.1. The van der Waals surface area contributed by atoms with Gasteiger partial charge in [0.25, 0.3) is 5.91 Å². The fourth-order valence-electron chi connectivity index (χ4n) is 1.61. The van der Waals surface area contributed by atoms with Crippen molar-refractivity contribution in [1.82, 2.24) is 4.98 Å². The number of amides is 1. The summed E-state index contributed by atoms with van der Waals surface area (Å²) in [5, 5.41) is 11.0. The first-order chi connectivity index (χ1) is 10.1. The first kappa shape index (κ1) is 14.4. The molecule has 0 bridgehead atoms. The van der Waals surface area contributed by atoms with Gasteiger partial charge in [0.2, 0.25) is 0 Å². The first-order valence-electron chi connectivity index (χ1n) is 5.98. The van der Waals surface area contributed by atoms with Gasteiger partial charge in [-0.25, -0.2) is 9.18 Å². The summed E-state index contributed by atoms with van der Waals surface area (Å²) in [5.41, 5.74) is 0.807. The highest BCUT2D eigenvalue weighted by molar-refractivity contribution is 6.04. The number of carboxylic acids is 1. The number of nitrogens with zero attached hydrogens (tertiary/aromatic N) is 1. The van der Waals surface area contributed by atoms with Gasteiger partial charge in [0.05, 0.1) is 0 Å². The van der Waals surface area contributed by atoms with E-state index in [0.717, 1.165) is 18.2 Å². The number of pyridine rings is 1. The van der Waals surface area contributed by atoms with Crippen LogP contribution in [0.2, 0.25) is 0 Å². The van der Waals surface area contributed by atoms with Gasteiger partial charge in [-0.15, -0.1) is 0 Å². The van der Waals surface area contributed by atoms with Gasteiger partial charge in [0.15, 0.2) is 0 Å². The lowest BCUT2D eigenvalue weighted by Crippen LogP contribution is -2.12. The number of anilines is 1. The van der Waals surface area contributed by atoms with Crippen LogP contribution in [-0.2, 0) is 4.79 Å². The molecule has 2 rings (SSSR count). The summed E-state index contributed by atoms with van der Waals surface area (Å²) < 4.78 is 13.7. The van der Waals surface area contributed by atoms with Gasteiger partial charge >= 0.3 is 5.97 Å². The predicted molar refractivity (Wildman–Crippen MR) is 75.3 cm³/mol. The molecule has 0 fully saturated rings. The second-order valence-electron chi connectivity index (χ2n) is 4.10. The standard InChI is InChI=1S/C15H11FN2O3/c16-13-9-12(3-1-10(13)2-4-14(19)20)18-15(21)11-5-7-17-8-6-11/h1-9H,(H,18,21)(H,19,20). The second kappa shape index (κ2) is 6.42. The van der Waals surface area contributed by atoms with E-state index in [1.807, 2.05) is 0 Å². The molecule has 1 aromatic carbocycles. The van der Waals surface area contributed by atoms with E-state index in [4.69, 9.17) is 5.11 Å². The Bertz CT molecular complexity index is 699. The van der Waals surface area contributed by atoms with Crippen LogP contribution in [0.3, 0.4) is 0 Å². The minimum absolute atomic E-state index is 0.124. The van der Waals surface area contributed by atoms with Crippen molar-refractivity contribution in [1.29, 1.82) is 0 Å². The van der Waals surface area contributed by atoms with Crippen LogP contribution in [0.1, 0.15) is 15.9 Å². The summed E-state index contributed by atoms with van der Waals surface area (Å²) >= 11 is 0. The van der Waals surface area contributed by atoms with Crippen LogP contribution in [0.4, 0.5) is 10.1 Å². The molecule has 2 aromatic rings. The highest BCUT2D eigenvalue weighted by Crippen LogP contribution is 2.16. The molecule has 2 N–H and O–H groups in total. The molecule has 0 aliphatic heterocycles. The number of carbonyl (C=O) groups is 2. The molecule has 1 amide bonds. The van der Waals surface area contributed by atoms with E-state index in [0.29, 0.717) is 5.56 Å². The first-order valence-corrected chi connectivity index (χ1v) is 5.98. The lowest BCUT2D eigenvalue weighted by Gasteiger charge is -2.06. The Morgan fingerprint density at radius 1 is 1.19 bits per heavy atom. The Morgan fingerprint density at radius 3 is 2.52 bits per heavy atom. The molecule has 0 spiro atoms. The molecule has 0 aliphatic rings. The molecular weight excluding hydrogens is 275 g/mol. The molecule has 0 saturated carbocycles. The van der Waals surface area contributed by atoms with Gasteiger partial charge in [0.1, 0.15) is 5.82 Å². The monoisotopic (exact) mass is 286 g/mol. The molecule has 0 unspecified atom stereocenters. The van der Waals surface area contributed by atoms with Gasteiger partial charge < -0.3 is 10.4 Å². The number of carbonyl (C=O) groups excluding carboxylic acids is 1. The SMILES string of the molecule is O=C(O)C=Cc1ccc(NC(=O)c2ccncc2)cc1F. The fraction of sp³-hybridized carbons (Fsp3) is 0.